The highest BCUT2D eigenvalue weighted by molar-refractivity contribution is 5.71. The first kappa shape index (κ1) is 66.9. The lowest BCUT2D eigenvalue weighted by Crippen LogP contribution is -2.30. The first-order valence-electron chi connectivity index (χ1n) is 30.8. The van der Waals surface area contributed by atoms with Gasteiger partial charge in [-0.25, -0.2) is 0 Å². The van der Waals surface area contributed by atoms with Crippen molar-refractivity contribution in [3.05, 3.63) is 24.3 Å². The minimum Gasteiger partial charge on any atom is -0.462 e. The zero-order valence-electron chi connectivity index (χ0n) is 46.6. The summed E-state index contributed by atoms with van der Waals surface area (Å²) in [6.07, 6.45) is 68.9. The van der Waals surface area contributed by atoms with E-state index in [4.69, 9.17) is 14.2 Å². The Kier molecular flexibility index (Phi) is 56.7. The van der Waals surface area contributed by atoms with Crippen LogP contribution in [0.25, 0.3) is 0 Å². The lowest BCUT2D eigenvalue weighted by molar-refractivity contribution is -0.167. The molecule has 6 heteroatoms. The maximum Gasteiger partial charge on any atom is 0.306 e. The molecule has 0 rings (SSSR count). The Morgan fingerprint density at radius 2 is 0.478 bits per heavy atom. The van der Waals surface area contributed by atoms with Crippen LogP contribution in [0, 0.1) is 0 Å². The number of hydrogen-bond acceptors (Lipinski definition) is 6. The van der Waals surface area contributed by atoms with Gasteiger partial charge in [0.15, 0.2) is 6.10 Å². The number of hydrogen-bond donors (Lipinski definition) is 0. The number of unbranched alkanes of at least 4 members (excludes halogenated alkanes) is 42. The van der Waals surface area contributed by atoms with Crippen molar-refractivity contribution in [2.24, 2.45) is 0 Å². The monoisotopic (exact) mass is 971 g/mol. The van der Waals surface area contributed by atoms with Crippen LogP contribution in [0.2, 0.25) is 0 Å². The van der Waals surface area contributed by atoms with Crippen molar-refractivity contribution < 1.29 is 28.6 Å². The summed E-state index contributed by atoms with van der Waals surface area (Å²) in [4.78, 5) is 38.2. The van der Waals surface area contributed by atoms with Crippen molar-refractivity contribution in [1.82, 2.24) is 0 Å². The van der Waals surface area contributed by atoms with Gasteiger partial charge in [0, 0.05) is 19.3 Å². The van der Waals surface area contributed by atoms with Crippen molar-refractivity contribution in [2.45, 2.75) is 348 Å². The van der Waals surface area contributed by atoms with Crippen LogP contribution in [0.15, 0.2) is 24.3 Å². The zero-order valence-corrected chi connectivity index (χ0v) is 46.6. The molecule has 0 amide bonds. The molecule has 0 aromatic carbocycles. The maximum absolute atomic E-state index is 12.9. The van der Waals surface area contributed by atoms with Crippen LogP contribution < -0.4 is 0 Å². The number of esters is 3. The number of rotatable bonds is 57. The molecule has 0 N–H and O–H groups in total. The van der Waals surface area contributed by atoms with E-state index in [-0.39, 0.29) is 31.1 Å². The summed E-state index contributed by atoms with van der Waals surface area (Å²) >= 11 is 0. The normalized spacial score (nSPS) is 12.1. The second kappa shape index (κ2) is 58.5. The summed E-state index contributed by atoms with van der Waals surface area (Å²) in [5, 5.41) is 0. The van der Waals surface area contributed by atoms with Crippen LogP contribution in [-0.4, -0.2) is 37.2 Å². The summed E-state index contributed by atoms with van der Waals surface area (Å²) in [5.41, 5.74) is 0. The topological polar surface area (TPSA) is 78.9 Å². The molecule has 6 nitrogen and oxygen atoms in total. The molecule has 406 valence electrons. The molecule has 0 aliphatic heterocycles. The molecule has 0 aliphatic rings. The Morgan fingerprint density at radius 1 is 0.275 bits per heavy atom. The Bertz CT molecular complexity index is 1110. The van der Waals surface area contributed by atoms with E-state index in [1.807, 2.05) is 0 Å². The van der Waals surface area contributed by atoms with Gasteiger partial charge in [-0.2, -0.15) is 0 Å². The summed E-state index contributed by atoms with van der Waals surface area (Å²) < 4.78 is 16.9. The van der Waals surface area contributed by atoms with Crippen LogP contribution in [0.5, 0.6) is 0 Å². The average molecular weight is 972 g/mol. The van der Waals surface area contributed by atoms with Gasteiger partial charge in [0.2, 0.25) is 0 Å². The van der Waals surface area contributed by atoms with Crippen LogP contribution in [0.3, 0.4) is 0 Å². The van der Waals surface area contributed by atoms with E-state index in [0.717, 1.165) is 64.2 Å². The second-order valence-corrected chi connectivity index (χ2v) is 21.0. The molecule has 0 spiro atoms. The average Bonchev–Trinajstić information content (AvgIpc) is 3.35. The van der Waals surface area contributed by atoms with Gasteiger partial charge in [-0.1, -0.05) is 276 Å². The van der Waals surface area contributed by atoms with E-state index in [1.165, 1.54) is 238 Å². The van der Waals surface area contributed by atoms with E-state index < -0.39 is 6.10 Å². The fourth-order valence-electron chi connectivity index (χ4n) is 9.26. The van der Waals surface area contributed by atoms with Crippen molar-refractivity contribution in [1.29, 1.82) is 0 Å². The molecular weight excluding hydrogens is 853 g/mol. The van der Waals surface area contributed by atoms with E-state index in [9.17, 15) is 14.4 Å². The summed E-state index contributed by atoms with van der Waals surface area (Å²) in [6.45, 7) is 6.67. The largest absolute Gasteiger partial charge is 0.462 e. The quantitative estimate of drug-likeness (QED) is 0.0261. The lowest BCUT2D eigenvalue weighted by atomic mass is 10.0. The van der Waals surface area contributed by atoms with E-state index in [1.54, 1.807) is 0 Å². The third kappa shape index (κ3) is 56.7. The highest BCUT2D eigenvalue weighted by atomic mass is 16.6. The van der Waals surface area contributed by atoms with E-state index in [0.29, 0.717) is 19.3 Å². The van der Waals surface area contributed by atoms with Gasteiger partial charge in [0.05, 0.1) is 0 Å². The highest BCUT2D eigenvalue weighted by Gasteiger charge is 2.19. The number of allylic oxidation sites excluding steroid dienone is 4. The molecule has 0 heterocycles. The van der Waals surface area contributed by atoms with E-state index >= 15 is 0 Å². The van der Waals surface area contributed by atoms with Crippen LogP contribution >= 0.6 is 0 Å². The van der Waals surface area contributed by atoms with Crippen LogP contribution in [0.1, 0.15) is 342 Å². The molecule has 0 bridgehead atoms. The first-order chi connectivity index (χ1) is 34.0. The molecule has 0 aliphatic carbocycles. The summed E-state index contributed by atoms with van der Waals surface area (Å²) in [7, 11) is 0. The predicted molar refractivity (Wildman–Crippen MR) is 298 cm³/mol. The Morgan fingerprint density at radius 3 is 0.739 bits per heavy atom. The van der Waals surface area contributed by atoms with E-state index in [2.05, 4.69) is 45.1 Å². The van der Waals surface area contributed by atoms with Gasteiger partial charge in [0.25, 0.3) is 0 Å². The fraction of sp³-hybridized carbons (Fsp3) is 0.889. The number of ether oxygens (including phenoxy) is 3. The molecular formula is C63H118O6. The molecule has 1 atom stereocenters. The zero-order chi connectivity index (χ0) is 50.0. The second-order valence-electron chi connectivity index (χ2n) is 21.0. The Balaban J connectivity index is 4.30. The molecule has 69 heavy (non-hydrogen) atoms. The third-order valence-corrected chi connectivity index (χ3v) is 13.9. The smallest absolute Gasteiger partial charge is 0.306 e. The van der Waals surface area contributed by atoms with Crippen LogP contribution in [-0.2, 0) is 28.6 Å². The molecule has 0 aromatic rings. The number of carbonyl (C=O) groups is 3. The Hall–Kier alpha value is -2.11. The summed E-state index contributed by atoms with van der Waals surface area (Å²) in [5.74, 6) is -0.861. The van der Waals surface area contributed by atoms with Gasteiger partial charge < -0.3 is 14.2 Å². The standard InChI is InChI=1S/C63H118O6/c1-4-7-10-13-16-19-22-25-27-29-31-32-34-35-38-41-44-47-50-53-56-62(65)68-59-60(58-67-61(64)55-52-49-46-43-40-37-24-21-18-15-12-9-6-3)69-63(66)57-54-51-48-45-42-39-36-33-30-28-26-23-20-17-14-11-8-5-2/h21,24,28,30,60H,4-20,22-23,25-27,29,31-59H2,1-3H3/b24-21-,30-28-. The molecule has 1 unspecified atom stereocenters. The van der Waals surface area contributed by atoms with Crippen molar-refractivity contribution >= 4 is 17.9 Å². The molecule has 0 saturated carbocycles. The minimum atomic E-state index is -0.774. The molecule has 0 saturated heterocycles. The van der Waals surface area contributed by atoms with Crippen molar-refractivity contribution in [3.8, 4) is 0 Å². The van der Waals surface area contributed by atoms with Gasteiger partial charge in [0.1, 0.15) is 13.2 Å². The fourth-order valence-corrected chi connectivity index (χ4v) is 9.26. The van der Waals surface area contributed by atoms with Crippen molar-refractivity contribution in [2.75, 3.05) is 13.2 Å². The lowest BCUT2D eigenvalue weighted by Gasteiger charge is -2.18. The number of carbonyl (C=O) groups excluding carboxylic acids is 3. The van der Waals surface area contributed by atoms with Gasteiger partial charge in [-0.3, -0.25) is 14.4 Å². The summed E-state index contributed by atoms with van der Waals surface area (Å²) in [6, 6.07) is 0. The van der Waals surface area contributed by atoms with Gasteiger partial charge >= 0.3 is 17.9 Å². The SMILES string of the molecule is CCCCCC/C=C\CCCCCCCC(=O)OCC(COC(=O)CCCCCCCCCCCCCCCCCCCCCC)OC(=O)CCCCCCCCC/C=C\CCCCCCCCC. The van der Waals surface area contributed by atoms with Gasteiger partial charge in [-0.05, 0) is 70.6 Å². The first-order valence-corrected chi connectivity index (χ1v) is 30.8. The molecule has 0 aromatic heterocycles. The Labute approximate surface area is 430 Å². The van der Waals surface area contributed by atoms with Crippen molar-refractivity contribution in [3.63, 3.8) is 0 Å². The highest BCUT2D eigenvalue weighted by Crippen LogP contribution is 2.17. The molecule has 0 fully saturated rings. The van der Waals surface area contributed by atoms with Gasteiger partial charge in [-0.15, -0.1) is 0 Å². The third-order valence-electron chi connectivity index (χ3n) is 13.9. The minimum absolute atomic E-state index is 0.0709. The predicted octanol–water partition coefficient (Wildman–Crippen LogP) is 20.7. The van der Waals surface area contributed by atoms with Crippen LogP contribution in [0.4, 0.5) is 0 Å². The molecule has 0 radical (unpaired) electrons. The maximum atomic E-state index is 12.9.